The first-order valence-corrected chi connectivity index (χ1v) is 10.6. The molecule has 2 atom stereocenters. The molecule has 2 saturated heterocycles. The minimum absolute atomic E-state index is 0.0345. The van der Waals surface area contributed by atoms with E-state index in [-0.39, 0.29) is 12.0 Å². The summed E-state index contributed by atoms with van der Waals surface area (Å²) in [5.74, 6) is 0.530. The van der Waals surface area contributed by atoms with Gasteiger partial charge in [0.1, 0.15) is 5.60 Å². The van der Waals surface area contributed by atoms with E-state index in [1.165, 1.54) is 12.8 Å². The second kappa shape index (κ2) is 7.90. The average Bonchev–Trinajstić information content (AvgIpc) is 3.24. The first-order valence-electron chi connectivity index (χ1n) is 10.6. The highest BCUT2D eigenvalue weighted by Crippen LogP contribution is 2.38. The van der Waals surface area contributed by atoms with Crippen LogP contribution in [0.1, 0.15) is 37.7 Å². The first kappa shape index (κ1) is 18.9. The molecule has 1 aromatic rings. The van der Waals surface area contributed by atoms with Gasteiger partial charge in [0.2, 0.25) is 5.91 Å². The number of likely N-dealkylation sites (N-methyl/N-ethyl adjacent to an activating group) is 1. The Hall–Kier alpha value is -1.43. The number of benzene rings is 1. The molecule has 1 aliphatic carbocycles. The Morgan fingerprint density at radius 3 is 2.37 bits per heavy atom. The van der Waals surface area contributed by atoms with Crippen LogP contribution in [0.3, 0.4) is 0 Å². The highest BCUT2D eigenvalue weighted by Gasteiger charge is 2.47. The van der Waals surface area contributed by atoms with E-state index in [1.54, 1.807) is 0 Å². The molecule has 27 heavy (non-hydrogen) atoms. The summed E-state index contributed by atoms with van der Waals surface area (Å²) in [4.78, 5) is 19.9. The van der Waals surface area contributed by atoms with Gasteiger partial charge in [-0.2, -0.15) is 0 Å². The van der Waals surface area contributed by atoms with Crippen LogP contribution < -0.4 is 0 Å². The molecule has 3 aliphatic rings. The van der Waals surface area contributed by atoms with Crippen LogP contribution >= 0.6 is 0 Å². The van der Waals surface area contributed by atoms with Gasteiger partial charge in [0.15, 0.2) is 0 Å². The standard InChI is InChI=1S/C22H33N3O2/c1-23-13-15-24(16-14-23)20-17-25(21(26)18-7-5-6-8-18)12-11-22(20,27)19-9-3-2-4-10-19/h2-4,9-10,18,20,27H,5-8,11-17H2,1H3/t20-,22+/m1/s1. The second-order valence-electron chi connectivity index (χ2n) is 8.66. The average molecular weight is 372 g/mol. The molecular weight excluding hydrogens is 338 g/mol. The molecular formula is C22H33N3O2. The number of likely N-dealkylation sites (tertiary alicyclic amines) is 1. The summed E-state index contributed by atoms with van der Waals surface area (Å²) in [6.45, 7) is 5.22. The summed E-state index contributed by atoms with van der Waals surface area (Å²) in [5, 5.41) is 11.8. The van der Waals surface area contributed by atoms with E-state index in [9.17, 15) is 9.90 Å². The SMILES string of the molecule is CN1CCN([C@@H]2CN(C(=O)C3CCCC3)CC[C@]2(O)c2ccccc2)CC1. The molecule has 5 heteroatoms. The van der Waals surface area contributed by atoms with Crippen molar-refractivity contribution in [3.63, 3.8) is 0 Å². The predicted octanol–water partition coefficient (Wildman–Crippen LogP) is 1.91. The van der Waals surface area contributed by atoms with Crippen molar-refractivity contribution in [3.05, 3.63) is 35.9 Å². The van der Waals surface area contributed by atoms with Crippen molar-refractivity contribution >= 4 is 5.91 Å². The number of carbonyl (C=O) groups is 1. The second-order valence-corrected chi connectivity index (χ2v) is 8.66. The van der Waals surface area contributed by atoms with Gasteiger partial charge in [-0.15, -0.1) is 0 Å². The van der Waals surface area contributed by atoms with Crippen molar-refractivity contribution in [3.8, 4) is 0 Å². The molecule has 0 radical (unpaired) electrons. The maximum atomic E-state index is 13.0. The van der Waals surface area contributed by atoms with Crippen molar-refractivity contribution in [2.45, 2.75) is 43.7 Å². The third-order valence-corrected chi connectivity index (χ3v) is 6.98. The molecule has 2 heterocycles. The van der Waals surface area contributed by atoms with Crippen LogP contribution in [-0.4, -0.2) is 78.1 Å². The zero-order valence-corrected chi connectivity index (χ0v) is 16.5. The van der Waals surface area contributed by atoms with E-state index in [0.29, 0.717) is 25.4 Å². The van der Waals surface area contributed by atoms with Gasteiger partial charge < -0.3 is 14.9 Å². The van der Waals surface area contributed by atoms with Crippen LogP contribution in [-0.2, 0) is 10.4 Å². The Labute approximate surface area is 162 Å². The molecule has 0 aromatic heterocycles. The van der Waals surface area contributed by atoms with Crippen LogP contribution in [0.2, 0.25) is 0 Å². The summed E-state index contributed by atoms with van der Waals surface area (Å²) in [7, 11) is 2.15. The maximum absolute atomic E-state index is 13.0. The molecule has 0 spiro atoms. The van der Waals surface area contributed by atoms with Gasteiger partial charge in [-0.3, -0.25) is 9.69 Å². The largest absolute Gasteiger partial charge is 0.383 e. The monoisotopic (exact) mass is 371 g/mol. The minimum Gasteiger partial charge on any atom is -0.383 e. The Morgan fingerprint density at radius 1 is 1.04 bits per heavy atom. The van der Waals surface area contributed by atoms with E-state index < -0.39 is 5.60 Å². The smallest absolute Gasteiger partial charge is 0.225 e. The lowest BCUT2D eigenvalue weighted by molar-refractivity contribution is -0.149. The molecule has 1 aromatic carbocycles. The van der Waals surface area contributed by atoms with Gasteiger partial charge in [0.05, 0.1) is 6.04 Å². The third kappa shape index (κ3) is 3.78. The molecule has 1 amide bonds. The Balaban J connectivity index is 1.57. The van der Waals surface area contributed by atoms with Gasteiger partial charge in [0, 0.05) is 45.2 Å². The third-order valence-electron chi connectivity index (χ3n) is 6.98. The number of rotatable bonds is 3. The molecule has 4 rings (SSSR count). The van der Waals surface area contributed by atoms with Crippen LogP contribution in [0.25, 0.3) is 0 Å². The zero-order chi connectivity index (χ0) is 18.9. The summed E-state index contributed by atoms with van der Waals surface area (Å²) >= 11 is 0. The van der Waals surface area contributed by atoms with E-state index >= 15 is 0 Å². The van der Waals surface area contributed by atoms with Crippen LogP contribution in [0.4, 0.5) is 0 Å². The van der Waals surface area contributed by atoms with Crippen molar-refractivity contribution in [2.75, 3.05) is 46.3 Å². The lowest BCUT2D eigenvalue weighted by atomic mass is 9.79. The number of piperidine rings is 1. The van der Waals surface area contributed by atoms with Crippen LogP contribution in [0.5, 0.6) is 0 Å². The molecule has 3 fully saturated rings. The molecule has 0 unspecified atom stereocenters. The fraction of sp³-hybridized carbons (Fsp3) is 0.682. The number of carbonyl (C=O) groups excluding carboxylic acids is 1. The van der Waals surface area contributed by atoms with Crippen molar-refractivity contribution < 1.29 is 9.90 Å². The van der Waals surface area contributed by atoms with Crippen molar-refractivity contribution in [2.24, 2.45) is 5.92 Å². The number of piperazine rings is 1. The normalized spacial score (nSPS) is 31.3. The number of nitrogens with zero attached hydrogens (tertiary/aromatic N) is 3. The van der Waals surface area contributed by atoms with Crippen molar-refractivity contribution in [1.29, 1.82) is 0 Å². The molecule has 0 bridgehead atoms. The molecule has 148 valence electrons. The van der Waals surface area contributed by atoms with Gasteiger partial charge in [0.25, 0.3) is 0 Å². The Kier molecular flexibility index (Phi) is 5.53. The lowest BCUT2D eigenvalue weighted by Crippen LogP contribution is -2.64. The molecule has 5 nitrogen and oxygen atoms in total. The van der Waals surface area contributed by atoms with Gasteiger partial charge in [-0.05, 0) is 31.9 Å². The highest BCUT2D eigenvalue weighted by atomic mass is 16.3. The fourth-order valence-electron chi connectivity index (χ4n) is 5.17. The highest BCUT2D eigenvalue weighted by molar-refractivity contribution is 5.79. The molecule has 1 saturated carbocycles. The van der Waals surface area contributed by atoms with E-state index in [1.807, 2.05) is 30.3 Å². The quantitative estimate of drug-likeness (QED) is 0.882. The fourth-order valence-corrected chi connectivity index (χ4v) is 5.17. The van der Waals surface area contributed by atoms with E-state index in [4.69, 9.17) is 0 Å². The maximum Gasteiger partial charge on any atom is 0.225 e. The van der Waals surface area contributed by atoms with E-state index in [0.717, 1.165) is 44.6 Å². The topological polar surface area (TPSA) is 47.0 Å². The van der Waals surface area contributed by atoms with Crippen LogP contribution in [0, 0.1) is 5.92 Å². The predicted molar refractivity (Wildman–Crippen MR) is 106 cm³/mol. The summed E-state index contributed by atoms with van der Waals surface area (Å²) in [6, 6.07) is 10.0. The minimum atomic E-state index is -0.885. The zero-order valence-electron chi connectivity index (χ0n) is 16.5. The number of aliphatic hydroxyl groups is 1. The van der Waals surface area contributed by atoms with E-state index in [2.05, 4.69) is 21.7 Å². The van der Waals surface area contributed by atoms with Gasteiger partial charge in [-0.25, -0.2) is 0 Å². The number of hydrogen-bond donors (Lipinski definition) is 1. The number of amides is 1. The Bertz CT molecular complexity index is 638. The summed E-state index contributed by atoms with van der Waals surface area (Å²) in [6.07, 6.45) is 5.06. The lowest BCUT2D eigenvalue weighted by Gasteiger charge is -2.51. The first-order chi connectivity index (χ1) is 13.1. The Morgan fingerprint density at radius 2 is 1.70 bits per heavy atom. The summed E-state index contributed by atoms with van der Waals surface area (Å²) in [5.41, 5.74) is 0.103. The number of hydrogen-bond acceptors (Lipinski definition) is 4. The molecule has 2 aliphatic heterocycles. The van der Waals surface area contributed by atoms with Gasteiger partial charge >= 0.3 is 0 Å². The molecule has 1 N–H and O–H groups in total. The summed E-state index contributed by atoms with van der Waals surface area (Å²) < 4.78 is 0. The van der Waals surface area contributed by atoms with Crippen LogP contribution in [0.15, 0.2) is 30.3 Å². The van der Waals surface area contributed by atoms with Gasteiger partial charge in [-0.1, -0.05) is 43.2 Å². The van der Waals surface area contributed by atoms with Crippen molar-refractivity contribution in [1.82, 2.24) is 14.7 Å².